The van der Waals surface area contributed by atoms with Crippen molar-refractivity contribution >= 4 is 17.0 Å². The molecule has 0 N–H and O–H groups in total. The SMILES string of the molecule is CC[C@H]1CN(Cc2ccccc2)[C@@H](C#N)C[C@@H]1Cc1cc2ccccc2n1C(=O)OC(C)(C)C. The van der Waals surface area contributed by atoms with Crippen molar-refractivity contribution in [3.05, 3.63) is 71.9 Å². The van der Waals surface area contributed by atoms with Crippen molar-refractivity contribution in [1.82, 2.24) is 9.47 Å². The standard InChI is InChI=1S/C29H35N3O2/c1-5-22-20-31(19-21-11-7-6-8-12-21)26(18-30)17-24(22)16-25-15-23-13-9-10-14-27(23)32(25)28(33)34-29(2,3)4/h6-15,22,24,26H,5,16-17,19-20H2,1-4H3/t22-,24-,26+/m0/s1. The summed E-state index contributed by atoms with van der Waals surface area (Å²) in [6, 6.07) is 22.9. The zero-order chi connectivity index (χ0) is 24.3. The number of aromatic nitrogens is 1. The van der Waals surface area contributed by atoms with E-state index in [1.54, 1.807) is 4.57 Å². The fraction of sp³-hybridized carbons (Fsp3) is 0.448. The highest BCUT2D eigenvalue weighted by atomic mass is 16.6. The van der Waals surface area contributed by atoms with Crippen LogP contribution in [0.1, 0.15) is 51.8 Å². The summed E-state index contributed by atoms with van der Waals surface area (Å²) in [5.41, 5.74) is 2.51. The third-order valence-electron chi connectivity index (χ3n) is 6.84. The molecule has 0 aliphatic carbocycles. The van der Waals surface area contributed by atoms with Gasteiger partial charge in [0.2, 0.25) is 0 Å². The van der Waals surface area contributed by atoms with Crippen molar-refractivity contribution in [2.24, 2.45) is 11.8 Å². The fourth-order valence-electron chi connectivity index (χ4n) is 5.20. The number of likely N-dealkylation sites (tertiary alicyclic amines) is 1. The van der Waals surface area contributed by atoms with Gasteiger partial charge >= 0.3 is 6.09 Å². The molecule has 3 atom stereocenters. The number of carbonyl (C=O) groups is 1. The third-order valence-corrected chi connectivity index (χ3v) is 6.84. The number of benzene rings is 2. The number of para-hydroxylation sites is 1. The molecule has 0 amide bonds. The minimum atomic E-state index is -0.569. The molecule has 0 saturated carbocycles. The zero-order valence-electron chi connectivity index (χ0n) is 20.7. The van der Waals surface area contributed by atoms with E-state index >= 15 is 0 Å². The molecule has 3 aromatic rings. The van der Waals surface area contributed by atoms with Gasteiger partial charge in [0.1, 0.15) is 5.60 Å². The van der Waals surface area contributed by atoms with Crippen molar-refractivity contribution in [2.45, 2.75) is 65.1 Å². The second-order valence-electron chi connectivity index (χ2n) is 10.4. The predicted octanol–water partition coefficient (Wildman–Crippen LogP) is 6.41. The molecule has 0 bridgehead atoms. The summed E-state index contributed by atoms with van der Waals surface area (Å²) in [6.07, 6.45) is 2.26. The monoisotopic (exact) mass is 457 g/mol. The number of ether oxygens (including phenoxy) is 1. The van der Waals surface area contributed by atoms with E-state index in [2.05, 4.69) is 48.2 Å². The summed E-state index contributed by atoms with van der Waals surface area (Å²) in [5.74, 6) is 0.783. The highest BCUT2D eigenvalue weighted by Gasteiger charge is 2.36. The van der Waals surface area contributed by atoms with Gasteiger partial charge in [0, 0.05) is 24.2 Å². The molecule has 0 unspecified atom stereocenters. The van der Waals surface area contributed by atoms with E-state index in [0.29, 0.717) is 11.8 Å². The average molecular weight is 458 g/mol. The second kappa shape index (κ2) is 10.0. The van der Waals surface area contributed by atoms with Gasteiger partial charge in [0.15, 0.2) is 0 Å². The van der Waals surface area contributed by atoms with Crippen LogP contribution in [0, 0.1) is 23.2 Å². The molecule has 2 heterocycles. The number of rotatable bonds is 5. The summed E-state index contributed by atoms with van der Waals surface area (Å²) in [5, 5.41) is 11.0. The van der Waals surface area contributed by atoms with Crippen molar-refractivity contribution in [3.8, 4) is 6.07 Å². The van der Waals surface area contributed by atoms with Crippen LogP contribution >= 0.6 is 0 Å². The normalized spacial score (nSPS) is 21.3. The minimum Gasteiger partial charge on any atom is -0.443 e. The van der Waals surface area contributed by atoms with Crippen LogP contribution in [0.2, 0.25) is 0 Å². The van der Waals surface area contributed by atoms with Crippen molar-refractivity contribution < 1.29 is 9.53 Å². The lowest BCUT2D eigenvalue weighted by Gasteiger charge is -2.41. The Morgan fingerprint density at radius 3 is 2.47 bits per heavy atom. The molecular weight excluding hydrogens is 422 g/mol. The molecule has 5 nitrogen and oxygen atoms in total. The maximum atomic E-state index is 13.2. The first-order chi connectivity index (χ1) is 16.3. The lowest BCUT2D eigenvalue weighted by atomic mass is 9.78. The van der Waals surface area contributed by atoms with E-state index < -0.39 is 5.60 Å². The fourth-order valence-corrected chi connectivity index (χ4v) is 5.20. The second-order valence-corrected chi connectivity index (χ2v) is 10.4. The van der Waals surface area contributed by atoms with Gasteiger partial charge in [-0.05, 0) is 63.1 Å². The molecule has 1 aliphatic rings. The zero-order valence-corrected chi connectivity index (χ0v) is 20.7. The first-order valence-electron chi connectivity index (χ1n) is 12.3. The molecule has 1 fully saturated rings. The Morgan fingerprint density at radius 1 is 1.09 bits per heavy atom. The van der Waals surface area contributed by atoms with Crippen LogP contribution in [-0.2, 0) is 17.7 Å². The Morgan fingerprint density at radius 2 is 1.79 bits per heavy atom. The molecular formula is C29H35N3O2. The third kappa shape index (κ3) is 5.34. The van der Waals surface area contributed by atoms with E-state index in [1.165, 1.54) is 5.56 Å². The topological polar surface area (TPSA) is 58.3 Å². The van der Waals surface area contributed by atoms with Crippen LogP contribution in [0.25, 0.3) is 10.9 Å². The number of nitrogens with zero attached hydrogens (tertiary/aromatic N) is 3. The largest absolute Gasteiger partial charge is 0.443 e. The van der Waals surface area contributed by atoms with E-state index in [0.717, 1.165) is 48.9 Å². The van der Waals surface area contributed by atoms with Crippen LogP contribution < -0.4 is 0 Å². The number of carbonyl (C=O) groups excluding carboxylic acids is 1. The van der Waals surface area contributed by atoms with Gasteiger partial charge in [-0.1, -0.05) is 61.9 Å². The van der Waals surface area contributed by atoms with Crippen LogP contribution in [0.15, 0.2) is 60.7 Å². The molecule has 2 aromatic carbocycles. The van der Waals surface area contributed by atoms with Gasteiger partial charge in [-0.3, -0.25) is 4.90 Å². The smallest absolute Gasteiger partial charge is 0.419 e. The summed E-state index contributed by atoms with van der Waals surface area (Å²) in [4.78, 5) is 15.5. The van der Waals surface area contributed by atoms with Crippen LogP contribution in [-0.4, -0.2) is 33.7 Å². The molecule has 0 radical (unpaired) electrons. The van der Waals surface area contributed by atoms with E-state index in [9.17, 15) is 10.1 Å². The Balaban J connectivity index is 1.60. The Kier molecular flexibility index (Phi) is 7.09. The van der Waals surface area contributed by atoms with Crippen molar-refractivity contribution in [3.63, 3.8) is 0 Å². The number of hydrogen-bond acceptors (Lipinski definition) is 4. The number of nitriles is 1. The van der Waals surface area contributed by atoms with E-state index in [1.807, 2.05) is 51.1 Å². The molecule has 0 spiro atoms. The van der Waals surface area contributed by atoms with Gasteiger partial charge < -0.3 is 4.74 Å². The minimum absolute atomic E-state index is 0.132. The van der Waals surface area contributed by atoms with Crippen LogP contribution in [0.3, 0.4) is 0 Å². The van der Waals surface area contributed by atoms with Gasteiger partial charge in [-0.25, -0.2) is 9.36 Å². The molecule has 1 aromatic heterocycles. The van der Waals surface area contributed by atoms with Crippen LogP contribution in [0.4, 0.5) is 4.79 Å². The van der Waals surface area contributed by atoms with Gasteiger partial charge in [0.25, 0.3) is 0 Å². The molecule has 1 aliphatic heterocycles. The highest BCUT2D eigenvalue weighted by Crippen LogP contribution is 2.35. The lowest BCUT2D eigenvalue weighted by molar-refractivity contribution is 0.0530. The quantitative estimate of drug-likeness (QED) is 0.444. The summed E-state index contributed by atoms with van der Waals surface area (Å²) < 4.78 is 7.50. The molecule has 5 heteroatoms. The van der Waals surface area contributed by atoms with Crippen LogP contribution in [0.5, 0.6) is 0 Å². The van der Waals surface area contributed by atoms with Crippen molar-refractivity contribution in [2.75, 3.05) is 6.54 Å². The van der Waals surface area contributed by atoms with Crippen molar-refractivity contribution in [1.29, 1.82) is 5.26 Å². The molecule has 1 saturated heterocycles. The maximum absolute atomic E-state index is 13.2. The Hall–Kier alpha value is -3.10. The summed E-state index contributed by atoms with van der Waals surface area (Å²) in [7, 11) is 0. The van der Waals surface area contributed by atoms with Gasteiger partial charge in [-0.15, -0.1) is 0 Å². The average Bonchev–Trinajstić information content (AvgIpc) is 3.17. The van der Waals surface area contributed by atoms with Gasteiger partial charge in [-0.2, -0.15) is 5.26 Å². The first-order valence-corrected chi connectivity index (χ1v) is 12.3. The van der Waals surface area contributed by atoms with Gasteiger partial charge in [0.05, 0.1) is 17.6 Å². The van der Waals surface area contributed by atoms with E-state index in [-0.39, 0.29) is 12.1 Å². The Bertz CT molecular complexity index is 1170. The first kappa shape index (κ1) is 24.0. The molecule has 34 heavy (non-hydrogen) atoms. The number of hydrogen-bond donors (Lipinski definition) is 0. The maximum Gasteiger partial charge on any atom is 0.419 e. The predicted molar refractivity (Wildman–Crippen MR) is 135 cm³/mol. The lowest BCUT2D eigenvalue weighted by Crippen LogP contribution is -2.46. The molecule has 4 rings (SSSR count). The highest BCUT2D eigenvalue weighted by molar-refractivity contribution is 5.91. The number of piperidine rings is 1. The molecule has 178 valence electrons. The Labute approximate surface area is 202 Å². The summed E-state index contributed by atoms with van der Waals surface area (Å²) >= 11 is 0. The summed E-state index contributed by atoms with van der Waals surface area (Å²) in [6.45, 7) is 9.59. The number of fused-ring (bicyclic) bond motifs is 1. The van der Waals surface area contributed by atoms with E-state index in [4.69, 9.17) is 4.74 Å².